The Kier molecular flexibility index (Phi) is 4.44. The van der Waals surface area contributed by atoms with E-state index < -0.39 is 5.37 Å². The number of methoxy groups -OCH3 is 1. The van der Waals surface area contributed by atoms with Gasteiger partial charge in [0.15, 0.2) is 0 Å². The van der Waals surface area contributed by atoms with Crippen molar-refractivity contribution in [3.05, 3.63) is 0 Å². The summed E-state index contributed by atoms with van der Waals surface area (Å²) < 4.78 is 4.71. The molecule has 0 rings (SSSR count). The molecule has 0 saturated carbocycles. The number of halogens is 1. The van der Waals surface area contributed by atoms with E-state index >= 15 is 0 Å². The lowest BCUT2D eigenvalue weighted by Gasteiger charge is -2.10. The standard InChI is InChI=1S/C5H10ClNO2/c1-7(5(6)8)3-4-9-2/h3-4H2,1-2H3. The molecule has 0 spiro atoms. The Balaban J connectivity index is 3.27. The van der Waals surface area contributed by atoms with Crippen LogP contribution in [0.4, 0.5) is 4.79 Å². The number of carbonyl (C=O) groups excluding carboxylic acids is 1. The van der Waals surface area contributed by atoms with E-state index in [1.807, 2.05) is 0 Å². The molecule has 0 saturated heterocycles. The van der Waals surface area contributed by atoms with Crippen LogP contribution in [0.1, 0.15) is 0 Å². The molecule has 0 bridgehead atoms. The van der Waals surface area contributed by atoms with Gasteiger partial charge in [-0.15, -0.1) is 0 Å². The van der Waals surface area contributed by atoms with Crippen molar-refractivity contribution < 1.29 is 9.53 Å². The number of amides is 1. The zero-order chi connectivity index (χ0) is 7.28. The van der Waals surface area contributed by atoms with Gasteiger partial charge in [0.2, 0.25) is 0 Å². The van der Waals surface area contributed by atoms with Crippen molar-refractivity contribution in [2.24, 2.45) is 0 Å². The molecule has 54 valence electrons. The van der Waals surface area contributed by atoms with Crippen molar-refractivity contribution in [2.75, 3.05) is 27.3 Å². The van der Waals surface area contributed by atoms with E-state index in [1.165, 1.54) is 4.90 Å². The van der Waals surface area contributed by atoms with Crippen LogP contribution in [-0.4, -0.2) is 37.6 Å². The Morgan fingerprint density at radius 2 is 2.33 bits per heavy atom. The fourth-order valence-corrected chi connectivity index (χ4v) is 0.401. The molecule has 0 fully saturated rings. The van der Waals surface area contributed by atoms with Gasteiger partial charge in [0, 0.05) is 20.7 Å². The van der Waals surface area contributed by atoms with E-state index in [-0.39, 0.29) is 0 Å². The number of hydrogen-bond acceptors (Lipinski definition) is 2. The van der Waals surface area contributed by atoms with Crippen LogP contribution in [0.15, 0.2) is 0 Å². The minimum Gasteiger partial charge on any atom is -0.383 e. The second-order valence-corrected chi connectivity index (χ2v) is 1.99. The third-order valence-electron chi connectivity index (χ3n) is 0.931. The summed E-state index contributed by atoms with van der Waals surface area (Å²) in [5, 5.41) is -0.452. The Labute approximate surface area is 59.5 Å². The van der Waals surface area contributed by atoms with E-state index in [9.17, 15) is 4.79 Å². The first-order chi connectivity index (χ1) is 4.18. The lowest BCUT2D eigenvalue weighted by molar-refractivity contribution is 0.169. The zero-order valence-electron chi connectivity index (χ0n) is 5.56. The Hall–Kier alpha value is -0.280. The van der Waals surface area contributed by atoms with Crippen LogP contribution in [0, 0.1) is 0 Å². The van der Waals surface area contributed by atoms with Crippen LogP contribution < -0.4 is 0 Å². The van der Waals surface area contributed by atoms with Crippen molar-refractivity contribution >= 4 is 17.0 Å². The smallest absolute Gasteiger partial charge is 0.316 e. The number of carbonyl (C=O) groups is 1. The number of rotatable bonds is 3. The third kappa shape index (κ3) is 4.24. The lowest BCUT2D eigenvalue weighted by Crippen LogP contribution is -2.24. The van der Waals surface area contributed by atoms with Gasteiger partial charge in [-0.25, -0.2) is 0 Å². The number of nitrogens with zero attached hydrogens (tertiary/aromatic N) is 1. The summed E-state index contributed by atoms with van der Waals surface area (Å²) >= 11 is 5.10. The molecule has 0 N–H and O–H groups in total. The molecule has 0 aromatic carbocycles. The maximum Gasteiger partial charge on any atom is 0.316 e. The average molecular weight is 152 g/mol. The van der Waals surface area contributed by atoms with Crippen LogP contribution in [-0.2, 0) is 4.74 Å². The summed E-state index contributed by atoms with van der Waals surface area (Å²) in [6, 6.07) is 0. The van der Waals surface area contributed by atoms with E-state index in [1.54, 1.807) is 14.2 Å². The number of hydrogen-bond donors (Lipinski definition) is 0. The van der Waals surface area contributed by atoms with Crippen molar-refractivity contribution in [1.82, 2.24) is 4.90 Å². The first-order valence-electron chi connectivity index (χ1n) is 2.58. The molecule has 0 aliphatic rings. The SMILES string of the molecule is COCCN(C)C(=O)Cl. The molecule has 0 aliphatic carbocycles. The van der Waals surface area contributed by atoms with Crippen molar-refractivity contribution in [1.29, 1.82) is 0 Å². The van der Waals surface area contributed by atoms with Crippen LogP contribution in [0.5, 0.6) is 0 Å². The molecule has 9 heavy (non-hydrogen) atoms. The van der Waals surface area contributed by atoms with Gasteiger partial charge >= 0.3 is 5.37 Å². The van der Waals surface area contributed by atoms with Crippen molar-refractivity contribution in [3.63, 3.8) is 0 Å². The van der Waals surface area contributed by atoms with E-state index in [0.29, 0.717) is 13.2 Å². The molecule has 4 heteroatoms. The molecule has 0 aromatic heterocycles. The summed E-state index contributed by atoms with van der Waals surface area (Å²) in [5.41, 5.74) is 0. The molecular formula is C5H10ClNO2. The maximum atomic E-state index is 10.3. The molecular weight excluding hydrogens is 142 g/mol. The minimum atomic E-state index is -0.452. The zero-order valence-corrected chi connectivity index (χ0v) is 6.31. The average Bonchev–Trinajstić information content (AvgIpc) is 1.82. The Morgan fingerprint density at radius 3 is 2.67 bits per heavy atom. The predicted octanol–water partition coefficient (Wildman–Crippen LogP) is 0.923. The topological polar surface area (TPSA) is 29.5 Å². The number of likely N-dealkylation sites (N-methyl/N-ethyl adjacent to an activating group) is 1. The highest BCUT2D eigenvalue weighted by Gasteiger charge is 2.01. The molecule has 0 radical (unpaired) electrons. The van der Waals surface area contributed by atoms with Crippen molar-refractivity contribution in [2.45, 2.75) is 0 Å². The first kappa shape index (κ1) is 8.72. The molecule has 1 amide bonds. The van der Waals surface area contributed by atoms with Crippen LogP contribution in [0.3, 0.4) is 0 Å². The Morgan fingerprint density at radius 1 is 1.78 bits per heavy atom. The van der Waals surface area contributed by atoms with E-state index in [2.05, 4.69) is 0 Å². The van der Waals surface area contributed by atoms with Crippen LogP contribution in [0.25, 0.3) is 0 Å². The maximum absolute atomic E-state index is 10.3. The van der Waals surface area contributed by atoms with Gasteiger partial charge in [-0.2, -0.15) is 0 Å². The van der Waals surface area contributed by atoms with Gasteiger partial charge in [-0.05, 0) is 11.6 Å². The summed E-state index contributed by atoms with van der Waals surface area (Å²) in [6.07, 6.45) is 0. The molecule has 0 unspecified atom stereocenters. The first-order valence-corrected chi connectivity index (χ1v) is 2.96. The number of ether oxygens (including phenoxy) is 1. The normalized spacial score (nSPS) is 9.22. The lowest BCUT2D eigenvalue weighted by atomic mass is 10.6. The largest absolute Gasteiger partial charge is 0.383 e. The predicted molar refractivity (Wildman–Crippen MR) is 35.8 cm³/mol. The molecule has 0 aliphatic heterocycles. The summed E-state index contributed by atoms with van der Waals surface area (Å²) in [4.78, 5) is 11.7. The molecule has 0 atom stereocenters. The monoisotopic (exact) mass is 151 g/mol. The molecule has 0 aromatic rings. The second-order valence-electron chi connectivity index (χ2n) is 1.67. The fraction of sp³-hybridized carbons (Fsp3) is 0.800. The highest BCUT2D eigenvalue weighted by molar-refractivity contribution is 6.62. The minimum absolute atomic E-state index is 0.452. The van der Waals surface area contributed by atoms with Gasteiger partial charge in [-0.3, -0.25) is 4.79 Å². The van der Waals surface area contributed by atoms with Crippen LogP contribution >= 0.6 is 11.6 Å². The third-order valence-corrected chi connectivity index (χ3v) is 1.22. The van der Waals surface area contributed by atoms with Gasteiger partial charge in [-0.1, -0.05) is 0 Å². The van der Waals surface area contributed by atoms with Crippen molar-refractivity contribution in [3.8, 4) is 0 Å². The molecule has 0 heterocycles. The van der Waals surface area contributed by atoms with Gasteiger partial charge < -0.3 is 9.64 Å². The van der Waals surface area contributed by atoms with E-state index in [0.717, 1.165) is 0 Å². The van der Waals surface area contributed by atoms with Gasteiger partial charge in [0.25, 0.3) is 0 Å². The van der Waals surface area contributed by atoms with Crippen LogP contribution in [0.2, 0.25) is 0 Å². The molecule has 3 nitrogen and oxygen atoms in total. The quantitative estimate of drug-likeness (QED) is 0.444. The highest BCUT2D eigenvalue weighted by Crippen LogP contribution is 1.90. The second kappa shape index (κ2) is 4.58. The van der Waals surface area contributed by atoms with Gasteiger partial charge in [0.05, 0.1) is 6.61 Å². The van der Waals surface area contributed by atoms with E-state index in [4.69, 9.17) is 16.3 Å². The highest BCUT2D eigenvalue weighted by atomic mass is 35.5. The van der Waals surface area contributed by atoms with Gasteiger partial charge in [0.1, 0.15) is 0 Å². The summed E-state index contributed by atoms with van der Waals surface area (Å²) in [6.45, 7) is 1.06. The summed E-state index contributed by atoms with van der Waals surface area (Å²) in [7, 11) is 3.20. The Bertz CT molecular complexity index is 97.0. The summed E-state index contributed by atoms with van der Waals surface area (Å²) in [5.74, 6) is 0. The fourth-order valence-electron chi connectivity index (χ4n) is 0.316.